The Kier molecular flexibility index (Phi) is 4.03. The van der Waals surface area contributed by atoms with E-state index in [-0.39, 0.29) is 18.1 Å². The number of ether oxygens (including phenoxy) is 1. The van der Waals surface area contributed by atoms with Crippen molar-refractivity contribution in [1.29, 1.82) is 0 Å². The first-order valence-electron chi connectivity index (χ1n) is 7.54. The van der Waals surface area contributed by atoms with E-state index in [0.717, 1.165) is 55.5 Å². The van der Waals surface area contributed by atoms with Gasteiger partial charge in [-0.1, -0.05) is 12.1 Å². The molecule has 1 aromatic carbocycles. The smallest absolute Gasteiger partial charge is 0.251 e. The van der Waals surface area contributed by atoms with E-state index >= 15 is 0 Å². The van der Waals surface area contributed by atoms with Crippen molar-refractivity contribution in [2.24, 2.45) is 5.73 Å². The second kappa shape index (κ2) is 5.94. The summed E-state index contributed by atoms with van der Waals surface area (Å²) in [4.78, 5) is 12.1. The molecule has 2 unspecified atom stereocenters. The molecular formula is C16H22N2O2. The second-order valence-electron chi connectivity index (χ2n) is 5.71. The van der Waals surface area contributed by atoms with E-state index in [9.17, 15) is 4.79 Å². The summed E-state index contributed by atoms with van der Waals surface area (Å²) in [6.45, 7) is 1.55. The quantitative estimate of drug-likeness (QED) is 0.866. The van der Waals surface area contributed by atoms with Crippen molar-refractivity contribution in [2.45, 2.75) is 44.2 Å². The van der Waals surface area contributed by atoms with E-state index in [1.807, 2.05) is 6.07 Å². The van der Waals surface area contributed by atoms with Crippen LogP contribution in [-0.4, -0.2) is 25.2 Å². The highest BCUT2D eigenvalue weighted by atomic mass is 16.5. The van der Waals surface area contributed by atoms with Crippen molar-refractivity contribution in [3.05, 3.63) is 34.9 Å². The van der Waals surface area contributed by atoms with Gasteiger partial charge in [0.1, 0.15) is 0 Å². The molecule has 2 atom stereocenters. The number of aryl methyl sites for hydroxylation is 1. The molecule has 1 fully saturated rings. The van der Waals surface area contributed by atoms with Gasteiger partial charge in [-0.2, -0.15) is 0 Å². The first-order valence-corrected chi connectivity index (χ1v) is 7.54. The fourth-order valence-corrected chi connectivity index (χ4v) is 3.07. The van der Waals surface area contributed by atoms with Crippen LogP contribution in [0.2, 0.25) is 0 Å². The van der Waals surface area contributed by atoms with E-state index in [4.69, 9.17) is 10.5 Å². The van der Waals surface area contributed by atoms with E-state index < -0.39 is 0 Å². The molecule has 4 heteroatoms. The molecule has 3 rings (SSSR count). The molecule has 2 aliphatic heterocycles. The SMILES string of the molecule is NC(c1ccc2c(c1)C(=O)NCCC2)C1CCCCO1. The minimum Gasteiger partial charge on any atom is -0.376 e. The Morgan fingerprint density at radius 3 is 3.00 bits per heavy atom. The van der Waals surface area contributed by atoms with Crippen molar-refractivity contribution in [3.8, 4) is 0 Å². The molecule has 0 bridgehead atoms. The summed E-state index contributed by atoms with van der Waals surface area (Å²) >= 11 is 0. The Bertz CT molecular complexity index is 495. The van der Waals surface area contributed by atoms with Gasteiger partial charge in [-0.3, -0.25) is 4.79 Å². The summed E-state index contributed by atoms with van der Waals surface area (Å²) in [5.41, 5.74) is 9.25. The van der Waals surface area contributed by atoms with Crippen LogP contribution in [0.3, 0.4) is 0 Å². The van der Waals surface area contributed by atoms with Crippen molar-refractivity contribution >= 4 is 5.91 Å². The van der Waals surface area contributed by atoms with Crippen LogP contribution in [0.15, 0.2) is 18.2 Å². The van der Waals surface area contributed by atoms with Gasteiger partial charge in [0.25, 0.3) is 5.91 Å². The molecule has 1 aromatic rings. The van der Waals surface area contributed by atoms with Gasteiger partial charge < -0.3 is 15.8 Å². The van der Waals surface area contributed by atoms with Crippen molar-refractivity contribution in [1.82, 2.24) is 5.32 Å². The number of nitrogens with two attached hydrogens (primary N) is 1. The van der Waals surface area contributed by atoms with Gasteiger partial charge in [0.05, 0.1) is 12.1 Å². The van der Waals surface area contributed by atoms with Gasteiger partial charge in [-0.05, 0) is 49.3 Å². The van der Waals surface area contributed by atoms with Crippen LogP contribution in [0.25, 0.3) is 0 Å². The van der Waals surface area contributed by atoms with Crippen LogP contribution >= 0.6 is 0 Å². The van der Waals surface area contributed by atoms with E-state index in [1.165, 1.54) is 6.42 Å². The summed E-state index contributed by atoms with van der Waals surface area (Å²) in [5, 5.41) is 2.94. The summed E-state index contributed by atoms with van der Waals surface area (Å²) < 4.78 is 5.76. The summed E-state index contributed by atoms with van der Waals surface area (Å²) in [7, 11) is 0. The molecule has 1 saturated heterocycles. The van der Waals surface area contributed by atoms with Crippen LogP contribution in [0.5, 0.6) is 0 Å². The number of amides is 1. The molecule has 0 spiro atoms. The average molecular weight is 274 g/mol. The molecule has 1 amide bonds. The van der Waals surface area contributed by atoms with Gasteiger partial charge in [-0.25, -0.2) is 0 Å². The van der Waals surface area contributed by atoms with Crippen LogP contribution < -0.4 is 11.1 Å². The molecule has 2 aliphatic rings. The van der Waals surface area contributed by atoms with Gasteiger partial charge in [0.15, 0.2) is 0 Å². The number of fused-ring (bicyclic) bond motifs is 1. The lowest BCUT2D eigenvalue weighted by atomic mass is 9.93. The third kappa shape index (κ3) is 2.72. The van der Waals surface area contributed by atoms with Crippen LogP contribution in [0.1, 0.15) is 53.2 Å². The fraction of sp³-hybridized carbons (Fsp3) is 0.562. The zero-order valence-corrected chi connectivity index (χ0v) is 11.7. The second-order valence-corrected chi connectivity index (χ2v) is 5.71. The standard InChI is InChI=1S/C16H22N2O2/c17-15(14-5-1-2-9-20-14)12-7-6-11-4-3-8-18-16(19)13(11)10-12/h6-7,10,14-15H,1-5,8-9,17H2,(H,18,19). The summed E-state index contributed by atoms with van der Waals surface area (Å²) in [6.07, 6.45) is 5.32. The number of benzene rings is 1. The molecule has 4 nitrogen and oxygen atoms in total. The third-order valence-corrected chi connectivity index (χ3v) is 4.29. The lowest BCUT2D eigenvalue weighted by molar-refractivity contribution is -0.00000439. The maximum atomic E-state index is 12.1. The first kappa shape index (κ1) is 13.6. The molecular weight excluding hydrogens is 252 g/mol. The lowest BCUT2D eigenvalue weighted by Crippen LogP contribution is -2.32. The Hall–Kier alpha value is -1.39. The topological polar surface area (TPSA) is 64.4 Å². The minimum atomic E-state index is -0.142. The van der Waals surface area contributed by atoms with Gasteiger partial charge in [0.2, 0.25) is 0 Å². The highest BCUT2D eigenvalue weighted by molar-refractivity contribution is 5.96. The monoisotopic (exact) mass is 274 g/mol. The largest absolute Gasteiger partial charge is 0.376 e. The predicted molar refractivity (Wildman–Crippen MR) is 77.6 cm³/mol. The van der Waals surface area contributed by atoms with Crippen LogP contribution in [-0.2, 0) is 11.2 Å². The fourth-order valence-electron chi connectivity index (χ4n) is 3.07. The minimum absolute atomic E-state index is 0.0242. The van der Waals surface area contributed by atoms with Crippen LogP contribution in [0.4, 0.5) is 0 Å². The Morgan fingerprint density at radius 2 is 2.20 bits per heavy atom. The van der Waals surface area contributed by atoms with Gasteiger partial charge in [0, 0.05) is 18.7 Å². The van der Waals surface area contributed by atoms with E-state index in [0.29, 0.717) is 0 Å². The number of hydrogen-bond acceptors (Lipinski definition) is 3. The molecule has 0 aliphatic carbocycles. The predicted octanol–water partition coefficient (Wildman–Crippen LogP) is 1.93. The number of carbonyl (C=O) groups is 1. The molecule has 3 N–H and O–H groups in total. The normalized spacial score (nSPS) is 24.4. The Balaban J connectivity index is 1.85. The number of nitrogens with one attached hydrogen (secondary N) is 1. The lowest BCUT2D eigenvalue weighted by Gasteiger charge is -2.28. The zero-order chi connectivity index (χ0) is 13.9. The third-order valence-electron chi connectivity index (χ3n) is 4.29. The Labute approximate surface area is 119 Å². The van der Waals surface area contributed by atoms with Crippen molar-refractivity contribution in [3.63, 3.8) is 0 Å². The molecule has 20 heavy (non-hydrogen) atoms. The maximum absolute atomic E-state index is 12.1. The van der Waals surface area contributed by atoms with E-state index in [2.05, 4.69) is 17.4 Å². The van der Waals surface area contributed by atoms with Crippen molar-refractivity contribution in [2.75, 3.05) is 13.2 Å². The molecule has 0 radical (unpaired) electrons. The summed E-state index contributed by atoms with van der Waals surface area (Å²) in [5.74, 6) is 0.0242. The van der Waals surface area contributed by atoms with Crippen LogP contribution in [0, 0.1) is 0 Å². The summed E-state index contributed by atoms with van der Waals surface area (Å²) in [6, 6.07) is 5.92. The maximum Gasteiger partial charge on any atom is 0.251 e. The average Bonchev–Trinajstić information content (AvgIpc) is 2.69. The zero-order valence-electron chi connectivity index (χ0n) is 11.7. The highest BCUT2D eigenvalue weighted by Gasteiger charge is 2.24. The molecule has 2 heterocycles. The molecule has 0 saturated carbocycles. The van der Waals surface area contributed by atoms with Gasteiger partial charge >= 0.3 is 0 Å². The molecule has 108 valence electrons. The highest BCUT2D eigenvalue weighted by Crippen LogP contribution is 2.26. The Morgan fingerprint density at radius 1 is 1.30 bits per heavy atom. The van der Waals surface area contributed by atoms with E-state index in [1.54, 1.807) is 0 Å². The van der Waals surface area contributed by atoms with Gasteiger partial charge in [-0.15, -0.1) is 0 Å². The number of hydrogen-bond donors (Lipinski definition) is 2. The molecule has 0 aromatic heterocycles. The van der Waals surface area contributed by atoms with Crippen molar-refractivity contribution < 1.29 is 9.53 Å². The first-order chi connectivity index (χ1) is 9.75. The number of rotatable bonds is 2. The number of carbonyl (C=O) groups excluding carboxylic acids is 1.